The first kappa shape index (κ1) is 14.5. The Bertz CT molecular complexity index is 208. The summed E-state index contributed by atoms with van der Waals surface area (Å²) >= 11 is 0. The van der Waals surface area contributed by atoms with Crippen LogP contribution >= 0.6 is 0 Å². The molecule has 1 aliphatic rings. The molecule has 0 N–H and O–H groups in total. The molecular weight excluding hydrogens is 248 g/mol. The van der Waals surface area contributed by atoms with Crippen LogP contribution in [0, 0.1) is 0 Å². The minimum atomic E-state index is -0.767. The van der Waals surface area contributed by atoms with Crippen molar-refractivity contribution in [2.24, 2.45) is 0 Å². The summed E-state index contributed by atoms with van der Waals surface area (Å²) in [7, 11) is 0. The topological polar surface area (TPSA) is 89.5 Å². The van der Waals surface area contributed by atoms with E-state index in [0.29, 0.717) is 0 Å². The highest BCUT2D eigenvalue weighted by Gasteiger charge is 2.06. The minimum Gasteiger partial charge on any atom is -0.432 e. The Hall–Kier alpha value is -1.54. The van der Waals surface area contributed by atoms with Crippen LogP contribution in [0.15, 0.2) is 0 Å². The Morgan fingerprint density at radius 2 is 0.778 bits per heavy atom. The molecule has 0 amide bonds. The molecule has 0 radical (unpaired) electrons. The molecule has 1 fully saturated rings. The van der Waals surface area contributed by atoms with Crippen LogP contribution in [0.5, 0.6) is 0 Å². The molecule has 0 aromatic rings. The number of carbonyl (C=O) groups is 2. The molecule has 0 aromatic carbocycles. The van der Waals surface area contributed by atoms with Crippen LogP contribution in [-0.4, -0.2) is 65.2 Å². The lowest BCUT2D eigenvalue weighted by Crippen LogP contribution is -2.19. The monoisotopic (exact) mass is 264 g/mol. The fourth-order valence-electron chi connectivity index (χ4n) is 1.02. The van der Waals surface area contributed by atoms with Crippen LogP contribution in [0.25, 0.3) is 0 Å². The zero-order valence-corrected chi connectivity index (χ0v) is 9.92. The second-order valence-electron chi connectivity index (χ2n) is 3.12. The minimum absolute atomic E-state index is 0.0735. The smallest absolute Gasteiger partial charge is 0.432 e. The van der Waals surface area contributed by atoms with Gasteiger partial charge in [0.05, 0.1) is 26.4 Å². The zero-order chi connectivity index (χ0) is 13.1. The van der Waals surface area contributed by atoms with E-state index < -0.39 is 12.3 Å². The first-order valence-electron chi connectivity index (χ1n) is 5.53. The van der Waals surface area contributed by atoms with Gasteiger partial charge in [0.2, 0.25) is 0 Å². The normalized spacial score (nSPS) is 21.1. The summed E-state index contributed by atoms with van der Waals surface area (Å²) in [6, 6.07) is 0. The summed E-state index contributed by atoms with van der Waals surface area (Å²) in [6.07, 6.45) is -1.53. The van der Waals surface area contributed by atoms with Crippen molar-refractivity contribution in [3.63, 3.8) is 0 Å². The molecular formula is C10H16O8. The van der Waals surface area contributed by atoms with E-state index in [1.54, 1.807) is 0 Å². The summed E-state index contributed by atoms with van der Waals surface area (Å²) in [5.41, 5.74) is 0. The first-order chi connectivity index (χ1) is 8.79. The number of cyclic esters (lactones) is 4. The van der Waals surface area contributed by atoms with Gasteiger partial charge < -0.3 is 28.4 Å². The second kappa shape index (κ2) is 9.49. The van der Waals surface area contributed by atoms with Crippen molar-refractivity contribution in [2.75, 3.05) is 52.9 Å². The van der Waals surface area contributed by atoms with Crippen molar-refractivity contribution in [1.82, 2.24) is 0 Å². The molecule has 104 valence electrons. The summed E-state index contributed by atoms with van der Waals surface area (Å²) in [5, 5.41) is 0. The quantitative estimate of drug-likeness (QED) is 0.578. The molecule has 0 spiro atoms. The van der Waals surface area contributed by atoms with Crippen molar-refractivity contribution in [2.45, 2.75) is 0 Å². The van der Waals surface area contributed by atoms with Gasteiger partial charge in [-0.25, -0.2) is 9.59 Å². The lowest BCUT2D eigenvalue weighted by Gasteiger charge is -2.10. The largest absolute Gasteiger partial charge is 0.508 e. The average Bonchev–Trinajstić information content (AvgIpc) is 2.35. The van der Waals surface area contributed by atoms with Gasteiger partial charge in [-0.1, -0.05) is 0 Å². The Kier molecular flexibility index (Phi) is 7.65. The molecule has 1 heterocycles. The second-order valence-corrected chi connectivity index (χ2v) is 3.12. The number of hydrogen-bond acceptors (Lipinski definition) is 8. The van der Waals surface area contributed by atoms with Gasteiger partial charge in [-0.05, 0) is 0 Å². The van der Waals surface area contributed by atoms with Crippen molar-refractivity contribution < 1.29 is 38.0 Å². The van der Waals surface area contributed by atoms with Gasteiger partial charge in [0.1, 0.15) is 26.4 Å². The van der Waals surface area contributed by atoms with E-state index in [-0.39, 0.29) is 52.9 Å². The Labute approximate surface area is 104 Å². The maximum absolute atomic E-state index is 11.0. The maximum atomic E-state index is 11.0. The third-order valence-electron chi connectivity index (χ3n) is 1.79. The molecule has 0 aliphatic carbocycles. The standard InChI is InChI=1S/C10H16O8/c11-9-15-5-1-13-2-6-16-10(12)18-8-4-14-3-7-17-9/h1-8H2. The van der Waals surface area contributed by atoms with E-state index in [9.17, 15) is 9.59 Å². The molecule has 1 rings (SSSR count). The Morgan fingerprint density at radius 1 is 0.500 bits per heavy atom. The van der Waals surface area contributed by atoms with Crippen molar-refractivity contribution in [3.8, 4) is 0 Å². The van der Waals surface area contributed by atoms with Gasteiger partial charge >= 0.3 is 12.3 Å². The zero-order valence-electron chi connectivity index (χ0n) is 9.92. The predicted molar refractivity (Wildman–Crippen MR) is 56.2 cm³/mol. The van der Waals surface area contributed by atoms with E-state index >= 15 is 0 Å². The molecule has 0 saturated carbocycles. The van der Waals surface area contributed by atoms with Crippen LogP contribution in [0.4, 0.5) is 9.59 Å². The predicted octanol–water partition coefficient (Wildman–Crippen LogP) is 0.340. The van der Waals surface area contributed by atoms with Crippen molar-refractivity contribution in [3.05, 3.63) is 0 Å². The van der Waals surface area contributed by atoms with Gasteiger partial charge in [0, 0.05) is 0 Å². The SMILES string of the molecule is O=C1OCCOCCOC(=O)OCCOCCO1. The summed E-state index contributed by atoms with van der Waals surface area (Å²) in [6.45, 7) is 1.09. The third-order valence-corrected chi connectivity index (χ3v) is 1.79. The van der Waals surface area contributed by atoms with E-state index in [0.717, 1.165) is 0 Å². The number of ether oxygens (including phenoxy) is 6. The van der Waals surface area contributed by atoms with Crippen LogP contribution in [-0.2, 0) is 28.4 Å². The Balaban J connectivity index is 2.21. The van der Waals surface area contributed by atoms with Gasteiger partial charge in [-0.2, -0.15) is 0 Å². The summed E-state index contributed by atoms with van der Waals surface area (Å²) in [4.78, 5) is 21.9. The van der Waals surface area contributed by atoms with E-state index in [1.165, 1.54) is 0 Å². The van der Waals surface area contributed by atoms with Gasteiger partial charge in [-0.3, -0.25) is 0 Å². The van der Waals surface area contributed by atoms with Gasteiger partial charge in [0.15, 0.2) is 0 Å². The number of rotatable bonds is 0. The van der Waals surface area contributed by atoms with Crippen molar-refractivity contribution in [1.29, 1.82) is 0 Å². The molecule has 18 heavy (non-hydrogen) atoms. The first-order valence-corrected chi connectivity index (χ1v) is 5.53. The van der Waals surface area contributed by atoms with Crippen LogP contribution in [0.3, 0.4) is 0 Å². The number of hydrogen-bond donors (Lipinski definition) is 0. The van der Waals surface area contributed by atoms with Gasteiger partial charge in [0.25, 0.3) is 0 Å². The fraction of sp³-hybridized carbons (Fsp3) is 0.800. The maximum Gasteiger partial charge on any atom is 0.508 e. The van der Waals surface area contributed by atoms with Crippen LogP contribution in [0.1, 0.15) is 0 Å². The lowest BCUT2D eigenvalue weighted by molar-refractivity contribution is -0.0177. The number of carbonyl (C=O) groups excluding carboxylic acids is 2. The van der Waals surface area contributed by atoms with Gasteiger partial charge in [-0.15, -0.1) is 0 Å². The third kappa shape index (κ3) is 7.69. The highest BCUT2D eigenvalue weighted by Crippen LogP contribution is 1.91. The summed E-state index contributed by atoms with van der Waals surface area (Å²) in [5.74, 6) is 0. The van der Waals surface area contributed by atoms with Crippen molar-refractivity contribution >= 4 is 12.3 Å². The van der Waals surface area contributed by atoms with Crippen LogP contribution in [0.2, 0.25) is 0 Å². The average molecular weight is 264 g/mol. The highest BCUT2D eigenvalue weighted by atomic mass is 16.7. The van der Waals surface area contributed by atoms with Crippen LogP contribution < -0.4 is 0 Å². The molecule has 8 nitrogen and oxygen atoms in total. The lowest BCUT2D eigenvalue weighted by atomic mass is 10.7. The fourth-order valence-corrected chi connectivity index (χ4v) is 1.02. The Morgan fingerprint density at radius 3 is 1.06 bits per heavy atom. The van der Waals surface area contributed by atoms with E-state index in [2.05, 4.69) is 18.9 Å². The summed E-state index contributed by atoms with van der Waals surface area (Å²) < 4.78 is 28.8. The molecule has 0 aromatic heterocycles. The molecule has 0 atom stereocenters. The highest BCUT2D eigenvalue weighted by molar-refractivity contribution is 5.60. The van der Waals surface area contributed by atoms with E-state index in [1.807, 2.05) is 0 Å². The molecule has 8 heteroatoms. The molecule has 1 saturated heterocycles. The van der Waals surface area contributed by atoms with E-state index in [4.69, 9.17) is 9.47 Å². The molecule has 0 bridgehead atoms. The molecule has 1 aliphatic heterocycles. The molecule has 0 unspecified atom stereocenters.